The van der Waals surface area contributed by atoms with E-state index in [2.05, 4.69) is 69.8 Å². The van der Waals surface area contributed by atoms with Gasteiger partial charge >= 0.3 is 0 Å². The zero-order valence-corrected chi connectivity index (χ0v) is 23.2. The summed E-state index contributed by atoms with van der Waals surface area (Å²) in [6.45, 7) is 25.0. The van der Waals surface area contributed by atoms with Crippen molar-refractivity contribution in [2.75, 3.05) is 20.1 Å². The highest BCUT2D eigenvalue weighted by molar-refractivity contribution is 5.31. The third-order valence-corrected chi connectivity index (χ3v) is 5.34. The predicted octanol–water partition coefficient (Wildman–Crippen LogP) is 8.82. The minimum Gasteiger partial charge on any atom is -0.330 e. The number of hydrogen-bond donors (Lipinski definition) is 1. The van der Waals surface area contributed by atoms with Gasteiger partial charge < -0.3 is 10.6 Å². The lowest BCUT2D eigenvalue weighted by molar-refractivity contribution is 0.258. The van der Waals surface area contributed by atoms with Crippen molar-refractivity contribution in [1.29, 1.82) is 0 Å². The van der Waals surface area contributed by atoms with E-state index in [0.717, 1.165) is 18.9 Å². The Morgan fingerprint density at radius 1 is 1.09 bits per heavy atom. The molecule has 190 valence electrons. The summed E-state index contributed by atoms with van der Waals surface area (Å²) in [5.74, 6) is 0.371. The largest absolute Gasteiger partial charge is 0.330 e. The van der Waals surface area contributed by atoms with Crippen LogP contribution in [0.5, 0.6) is 0 Å². The van der Waals surface area contributed by atoms with Crippen LogP contribution in [-0.4, -0.2) is 31.1 Å². The average Bonchev–Trinajstić information content (AvgIpc) is 3.37. The first-order chi connectivity index (χ1) is 16.0. The Hall–Kier alpha value is -1.90. The van der Waals surface area contributed by atoms with Crippen molar-refractivity contribution in [2.24, 2.45) is 11.7 Å². The van der Waals surface area contributed by atoms with Crippen molar-refractivity contribution < 1.29 is 0 Å². The summed E-state index contributed by atoms with van der Waals surface area (Å²) in [6.07, 6.45) is 25.6. The lowest BCUT2D eigenvalue weighted by Gasteiger charge is -2.21. The highest BCUT2D eigenvalue weighted by Gasteiger charge is 2.17. The van der Waals surface area contributed by atoms with E-state index in [9.17, 15) is 0 Å². The fourth-order valence-electron chi connectivity index (χ4n) is 3.57. The average molecular weight is 457 g/mol. The molecular weight excluding hydrogens is 400 g/mol. The standard InChI is InChI=1S/C18H27N.C8H17N.C3H6.C2H6/c1-5-8-10-12-16(4)18(14-15-19)17(11-7-3)13-9-6-2;1-3-9(2)8-6-4-5-7-8;1-3-2;1-2/h5-8,10-13,18H,1-2,9,14-15,19H2,3-4H3;8H,3-7H2,1-2H3;3H,1H2,2H3;1-2H3/b10-8-,11-7-,16-12+,17-13?;;;. The van der Waals surface area contributed by atoms with E-state index in [1.165, 1.54) is 43.4 Å². The number of rotatable bonds is 11. The van der Waals surface area contributed by atoms with Crippen LogP contribution in [0.3, 0.4) is 0 Å². The summed E-state index contributed by atoms with van der Waals surface area (Å²) in [5, 5.41) is 0. The zero-order chi connectivity index (χ0) is 25.9. The highest BCUT2D eigenvalue weighted by Crippen LogP contribution is 2.25. The number of hydrogen-bond acceptors (Lipinski definition) is 2. The molecule has 0 aromatic carbocycles. The monoisotopic (exact) mass is 456 g/mol. The topological polar surface area (TPSA) is 29.3 Å². The first-order valence-electron chi connectivity index (χ1n) is 12.8. The van der Waals surface area contributed by atoms with Crippen LogP contribution in [0.1, 0.15) is 80.1 Å². The fourth-order valence-corrected chi connectivity index (χ4v) is 3.57. The summed E-state index contributed by atoms with van der Waals surface area (Å²) < 4.78 is 0. The van der Waals surface area contributed by atoms with Crippen LogP contribution >= 0.6 is 0 Å². The molecule has 1 rings (SSSR count). The molecule has 1 unspecified atom stereocenters. The van der Waals surface area contributed by atoms with Crippen LogP contribution in [0.25, 0.3) is 0 Å². The molecule has 1 fully saturated rings. The molecule has 0 radical (unpaired) electrons. The van der Waals surface area contributed by atoms with Gasteiger partial charge in [0.2, 0.25) is 0 Å². The Morgan fingerprint density at radius 2 is 1.67 bits per heavy atom. The van der Waals surface area contributed by atoms with Crippen LogP contribution < -0.4 is 5.73 Å². The molecule has 1 aliphatic carbocycles. The smallest absolute Gasteiger partial charge is 0.00920 e. The molecule has 0 aliphatic heterocycles. The third kappa shape index (κ3) is 20.4. The maximum atomic E-state index is 5.75. The highest BCUT2D eigenvalue weighted by atomic mass is 15.1. The molecule has 33 heavy (non-hydrogen) atoms. The van der Waals surface area contributed by atoms with Gasteiger partial charge in [-0.25, -0.2) is 0 Å². The lowest BCUT2D eigenvalue weighted by Crippen LogP contribution is -2.28. The van der Waals surface area contributed by atoms with Gasteiger partial charge in [0.15, 0.2) is 0 Å². The molecular formula is C31H56N2. The molecule has 2 N–H and O–H groups in total. The Labute approximate surface area is 208 Å². The van der Waals surface area contributed by atoms with Gasteiger partial charge in [-0.15, -0.1) is 13.2 Å². The second-order valence-electron chi connectivity index (χ2n) is 7.81. The summed E-state index contributed by atoms with van der Waals surface area (Å²) in [5.41, 5.74) is 8.38. The van der Waals surface area contributed by atoms with Crippen LogP contribution in [0, 0.1) is 5.92 Å². The lowest BCUT2D eigenvalue weighted by atomic mass is 9.87. The van der Waals surface area contributed by atoms with Crippen molar-refractivity contribution in [1.82, 2.24) is 4.90 Å². The first kappa shape index (κ1) is 35.7. The molecule has 2 nitrogen and oxygen atoms in total. The Balaban J connectivity index is -0.000000528. The molecule has 0 heterocycles. The van der Waals surface area contributed by atoms with E-state index in [1.807, 2.05) is 45.9 Å². The van der Waals surface area contributed by atoms with Crippen LogP contribution in [0.2, 0.25) is 0 Å². The fraction of sp³-hybridized carbons (Fsp3) is 0.548. The second-order valence-corrected chi connectivity index (χ2v) is 7.81. The molecule has 0 bridgehead atoms. The third-order valence-electron chi connectivity index (χ3n) is 5.34. The summed E-state index contributed by atoms with van der Waals surface area (Å²) >= 11 is 0. The molecule has 1 saturated carbocycles. The molecule has 0 aromatic rings. The van der Waals surface area contributed by atoms with E-state index in [0.29, 0.717) is 12.5 Å². The molecule has 0 saturated heterocycles. The van der Waals surface area contributed by atoms with E-state index in [1.54, 1.807) is 12.2 Å². The molecule has 0 spiro atoms. The van der Waals surface area contributed by atoms with Gasteiger partial charge in [0.1, 0.15) is 0 Å². The van der Waals surface area contributed by atoms with E-state index in [-0.39, 0.29) is 0 Å². The van der Waals surface area contributed by atoms with Gasteiger partial charge in [-0.05, 0) is 72.2 Å². The SMILES string of the molecule is C=C/C=C\C=C(/C)C(CCN)C(=CCC=C)/C=C\C.C=CC.CC.CCN(C)C1CCCC1. The Kier molecular flexibility index (Phi) is 30.4. The predicted molar refractivity (Wildman–Crippen MR) is 156 cm³/mol. The van der Waals surface area contributed by atoms with Gasteiger partial charge in [0.25, 0.3) is 0 Å². The van der Waals surface area contributed by atoms with Gasteiger partial charge in [-0.3, -0.25) is 0 Å². The number of nitrogens with zero attached hydrogens (tertiary/aromatic N) is 1. The van der Waals surface area contributed by atoms with Crippen molar-refractivity contribution >= 4 is 0 Å². The molecule has 1 aliphatic rings. The summed E-state index contributed by atoms with van der Waals surface area (Å²) in [7, 11) is 2.23. The van der Waals surface area contributed by atoms with E-state index >= 15 is 0 Å². The summed E-state index contributed by atoms with van der Waals surface area (Å²) in [4.78, 5) is 2.47. The van der Waals surface area contributed by atoms with Crippen LogP contribution in [0.4, 0.5) is 0 Å². The minimum absolute atomic E-state index is 0.371. The van der Waals surface area contributed by atoms with Crippen molar-refractivity contribution in [3.63, 3.8) is 0 Å². The second kappa shape index (κ2) is 28.1. The molecule has 0 amide bonds. The van der Waals surface area contributed by atoms with Gasteiger partial charge in [-0.2, -0.15) is 0 Å². The normalized spacial score (nSPS) is 15.2. The maximum Gasteiger partial charge on any atom is 0.00920 e. The van der Waals surface area contributed by atoms with Gasteiger partial charge in [0, 0.05) is 12.0 Å². The van der Waals surface area contributed by atoms with E-state index in [4.69, 9.17) is 5.73 Å². The van der Waals surface area contributed by atoms with Crippen molar-refractivity contribution in [3.05, 3.63) is 85.6 Å². The Morgan fingerprint density at radius 3 is 2.09 bits per heavy atom. The molecule has 0 aromatic heterocycles. The summed E-state index contributed by atoms with van der Waals surface area (Å²) in [6, 6.07) is 0.912. The van der Waals surface area contributed by atoms with Crippen LogP contribution in [-0.2, 0) is 0 Å². The number of nitrogens with two attached hydrogens (primary N) is 1. The quantitative estimate of drug-likeness (QED) is 0.248. The minimum atomic E-state index is 0.371. The van der Waals surface area contributed by atoms with Crippen molar-refractivity contribution in [2.45, 2.75) is 86.1 Å². The van der Waals surface area contributed by atoms with Gasteiger partial charge in [0.05, 0.1) is 0 Å². The zero-order valence-electron chi connectivity index (χ0n) is 23.2. The van der Waals surface area contributed by atoms with Gasteiger partial charge in [-0.1, -0.05) is 100 Å². The van der Waals surface area contributed by atoms with Crippen LogP contribution in [0.15, 0.2) is 85.6 Å². The molecule has 1 atom stereocenters. The first-order valence-corrected chi connectivity index (χ1v) is 12.8. The van der Waals surface area contributed by atoms with Crippen molar-refractivity contribution in [3.8, 4) is 0 Å². The molecule has 2 heteroatoms. The van der Waals surface area contributed by atoms with E-state index < -0.39 is 0 Å². The number of allylic oxidation sites excluding steroid dienone is 11. The maximum absolute atomic E-state index is 5.75. The Bertz CT molecular complexity index is 572.